The topological polar surface area (TPSA) is 65.7 Å². The second-order valence-corrected chi connectivity index (χ2v) is 12.1. The van der Waals surface area contributed by atoms with Crippen molar-refractivity contribution in [1.82, 2.24) is 9.66 Å². The van der Waals surface area contributed by atoms with Gasteiger partial charge < -0.3 is 9.47 Å². The van der Waals surface area contributed by atoms with Gasteiger partial charge in [0.2, 0.25) is 0 Å². The van der Waals surface area contributed by atoms with Crippen molar-refractivity contribution in [2.75, 3.05) is 13.7 Å². The van der Waals surface area contributed by atoms with Crippen LogP contribution in [0.1, 0.15) is 57.2 Å². The second-order valence-electron chi connectivity index (χ2n) is 10.9. The number of nitrogens with zero attached hydrogens (tertiary/aromatic N) is 3. The van der Waals surface area contributed by atoms with Crippen molar-refractivity contribution in [3.63, 3.8) is 0 Å². The molecule has 0 spiro atoms. The van der Waals surface area contributed by atoms with Gasteiger partial charge in [0, 0.05) is 5.56 Å². The highest BCUT2D eigenvalue weighted by Crippen LogP contribution is 2.34. The van der Waals surface area contributed by atoms with E-state index in [9.17, 15) is 4.79 Å². The molecule has 0 unspecified atom stereocenters. The molecule has 0 bridgehead atoms. The van der Waals surface area contributed by atoms with Crippen LogP contribution in [0.5, 0.6) is 11.5 Å². The molecular weight excluding hydrogens is 589 g/mol. The number of hydrogen-bond acceptors (Lipinski definition) is 5. The van der Waals surface area contributed by atoms with Gasteiger partial charge in [-0.3, -0.25) is 4.79 Å². The first-order chi connectivity index (χ1) is 18.0. The first-order valence-corrected chi connectivity index (χ1v) is 13.7. The van der Waals surface area contributed by atoms with E-state index in [1.165, 1.54) is 4.68 Å². The van der Waals surface area contributed by atoms with E-state index >= 15 is 0 Å². The fourth-order valence-electron chi connectivity index (χ4n) is 4.11. The molecular formula is C31H34IN3O3. The first-order valence-electron chi connectivity index (χ1n) is 12.7. The zero-order valence-electron chi connectivity index (χ0n) is 23.0. The molecule has 1 heterocycles. The van der Waals surface area contributed by atoms with E-state index in [4.69, 9.17) is 14.5 Å². The third-order valence-corrected chi connectivity index (χ3v) is 6.98. The van der Waals surface area contributed by atoms with Gasteiger partial charge in [0.05, 0.1) is 34.4 Å². The highest BCUT2D eigenvalue weighted by Gasteiger charge is 2.18. The Hall–Kier alpha value is -3.20. The predicted octanol–water partition coefficient (Wildman–Crippen LogP) is 7.42. The van der Waals surface area contributed by atoms with E-state index < -0.39 is 0 Å². The zero-order chi connectivity index (χ0) is 27.6. The molecule has 6 nitrogen and oxygen atoms in total. The van der Waals surface area contributed by atoms with Crippen molar-refractivity contribution in [2.45, 2.75) is 47.5 Å². The second kappa shape index (κ2) is 11.3. The lowest BCUT2D eigenvalue weighted by atomic mass is 9.96. The lowest BCUT2D eigenvalue weighted by Gasteiger charge is -2.19. The van der Waals surface area contributed by atoms with Crippen LogP contribution in [0.25, 0.3) is 22.3 Å². The lowest BCUT2D eigenvalue weighted by Crippen LogP contribution is -2.21. The van der Waals surface area contributed by atoms with E-state index in [0.29, 0.717) is 23.3 Å². The lowest BCUT2D eigenvalue weighted by molar-refractivity contribution is 0.196. The van der Waals surface area contributed by atoms with Gasteiger partial charge in [-0.25, -0.2) is 4.98 Å². The van der Waals surface area contributed by atoms with Crippen LogP contribution < -0.4 is 15.0 Å². The molecule has 38 heavy (non-hydrogen) atoms. The van der Waals surface area contributed by atoms with Crippen LogP contribution in [0.3, 0.4) is 0 Å². The van der Waals surface area contributed by atoms with E-state index in [-0.39, 0.29) is 16.9 Å². The maximum absolute atomic E-state index is 13.7. The van der Waals surface area contributed by atoms with Crippen molar-refractivity contribution < 1.29 is 9.47 Å². The van der Waals surface area contributed by atoms with Crippen LogP contribution in [0.15, 0.2) is 64.5 Å². The van der Waals surface area contributed by atoms with Crippen LogP contribution in [-0.2, 0) is 0 Å². The summed E-state index contributed by atoms with van der Waals surface area (Å²) in [5.74, 6) is 2.38. The summed E-state index contributed by atoms with van der Waals surface area (Å²) in [5, 5.41) is 5.18. The monoisotopic (exact) mass is 623 g/mol. The molecule has 0 aliphatic carbocycles. The van der Waals surface area contributed by atoms with Gasteiger partial charge in [-0.15, -0.1) is 0 Å². The number of methoxy groups -OCH3 is 1. The standard InChI is InChI=1S/C31H34IN3O3/c1-19(2)23-16-24(20(3)14-28(23)37-7)29-34-26-11-9-8-10-22(26)30(36)35(29)33-17-21-12-13-27(25(32)15-21)38-18-31(4,5)6/h8-17,19H,18H2,1-7H3. The number of fused-ring (bicyclic) bond motifs is 1. The van der Waals surface area contributed by atoms with Crippen molar-refractivity contribution in [1.29, 1.82) is 0 Å². The van der Waals surface area contributed by atoms with Gasteiger partial charge in [-0.05, 0) is 100 Å². The minimum absolute atomic E-state index is 0.0683. The summed E-state index contributed by atoms with van der Waals surface area (Å²) >= 11 is 2.27. The minimum atomic E-state index is -0.219. The van der Waals surface area contributed by atoms with Crippen LogP contribution >= 0.6 is 22.6 Å². The van der Waals surface area contributed by atoms with Crippen LogP contribution in [0.2, 0.25) is 0 Å². The molecule has 0 saturated heterocycles. The van der Waals surface area contributed by atoms with Crippen molar-refractivity contribution in [3.05, 3.63) is 85.2 Å². The molecule has 7 heteroatoms. The van der Waals surface area contributed by atoms with Crippen LogP contribution in [-0.4, -0.2) is 29.6 Å². The van der Waals surface area contributed by atoms with Gasteiger partial charge in [0.15, 0.2) is 5.82 Å². The summed E-state index contributed by atoms with van der Waals surface area (Å²) in [6.45, 7) is 13.3. The molecule has 0 amide bonds. The number of aryl methyl sites for hydroxylation is 1. The summed E-state index contributed by atoms with van der Waals surface area (Å²) in [5.41, 5.74) is 4.18. The largest absolute Gasteiger partial charge is 0.496 e. The van der Waals surface area contributed by atoms with E-state index in [2.05, 4.69) is 68.4 Å². The van der Waals surface area contributed by atoms with E-state index in [0.717, 1.165) is 37.3 Å². The first kappa shape index (κ1) is 27.8. The molecule has 0 N–H and O–H groups in total. The SMILES string of the molecule is COc1cc(C)c(-c2nc3ccccc3c(=O)n2N=Cc2ccc(OCC(C)(C)C)c(I)c2)cc1C(C)C. The molecule has 0 aliphatic heterocycles. The zero-order valence-corrected chi connectivity index (χ0v) is 25.2. The number of aromatic nitrogens is 2. The number of para-hydroxylation sites is 1. The smallest absolute Gasteiger partial charge is 0.282 e. The summed E-state index contributed by atoms with van der Waals surface area (Å²) in [4.78, 5) is 18.6. The van der Waals surface area contributed by atoms with Crippen molar-refractivity contribution in [3.8, 4) is 22.9 Å². The molecule has 3 aromatic carbocycles. The normalized spacial score (nSPS) is 12.0. The van der Waals surface area contributed by atoms with E-state index in [1.807, 2.05) is 49.4 Å². The Bertz CT molecular complexity index is 1570. The Balaban J connectivity index is 1.83. The summed E-state index contributed by atoms with van der Waals surface area (Å²) in [7, 11) is 1.68. The number of ether oxygens (including phenoxy) is 2. The average Bonchev–Trinajstić information content (AvgIpc) is 2.86. The van der Waals surface area contributed by atoms with Gasteiger partial charge >= 0.3 is 0 Å². The maximum Gasteiger partial charge on any atom is 0.282 e. The summed E-state index contributed by atoms with van der Waals surface area (Å²) < 4.78 is 14.0. The Morgan fingerprint density at radius 2 is 1.82 bits per heavy atom. The third-order valence-electron chi connectivity index (χ3n) is 6.13. The fourth-order valence-corrected chi connectivity index (χ4v) is 4.80. The number of hydrogen-bond donors (Lipinski definition) is 0. The Morgan fingerprint density at radius 3 is 2.47 bits per heavy atom. The van der Waals surface area contributed by atoms with Gasteiger partial charge in [-0.2, -0.15) is 9.78 Å². The molecule has 0 radical (unpaired) electrons. The Kier molecular flexibility index (Phi) is 8.25. The van der Waals surface area contributed by atoms with Gasteiger partial charge in [-0.1, -0.05) is 46.8 Å². The summed E-state index contributed by atoms with van der Waals surface area (Å²) in [6, 6.07) is 17.3. The average molecular weight is 624 g/mol. The van der Waals surface area contributed by atoms with Crippen molar-refractivity contribution >= 4 is 39.7 Å². The molecule has 4 rings (SSSR count). The quantitative estimate of drug-likeness (QED) is 0.159. The minimum Gasteiger partial charge on any atom is -0.496 e. The molecule has 198 valence electrons. The molecule has 4 aromatic rings. The van der Waals surface area contributed by atoms with Gasteiger partial charge in [0.25, 0.3) is 5.56 Å². The Morgan fingerprint density at radius 1 is 1.08 bits per heavy atom. The van der Waals surface area contributed by atoms with Crippen molar-refractivity contribution in [2.24, 2.45) is 10.5 Å². The van der Waals surface area contributed by atoms with E-state index in [1.54, 1.807) is 19.4 Å². The molecule has 0 atom stereocenters. The highest BCUT2D eigenvalue weighted by atomic mass is 127. The van der Waals surface area contributed by atoms with Crippen LogP contribution in [0.4, 0.5) is 0 Å². The third kappa shape index (κ3) is 6.09. The van der Waals surface area contributed by atoms with Crippen LogP contribution in [0, 0.1) is 15.9 Å². The Labute approximate surface area is 237 Å². The maximum atomic E-state index is 13.7. The molecule has 0 aliphatic rings. The number of rotatable bonds is 7. The summed E-state index contributed by atoms with van der Waals surface area (Å²) in [6.07, 6.45) is 1.69. The predicted molar refractivity (Wildman–Crippen MR) is 164 cm³/mol. The van der Waals surface area contributed by atoms with Gasteiger partial charge in [0.1, 0.15) is 11.5 Å². The molecule has 1 aromatic heterocycles. The fraction of sp³-hybridized carbons (Fsp3) is 0.323. The highest BCUT2D eigenvalue weighted by molar-refractivity contribution is 14.1. The molecule has 0 fully saturated rings. The molecule has 0 saturated carbocycles. The number of benzene rings is 3. The number of halogens is 1.